The Bertz CT molecular complexity index is 629. The van der Waals surface area contributed by atoms with Gasteiger partial charge in [0.25, 0.3) is 5.69 Å². The van der Waals surface area contributed by atoms with Gasteiger partial charge in [0.15, 0.2) is 0 Å². The molecule has 0 unspecified atom stereocenters. The molecule has 1 aromatic carbocycles. The number of benzene rings is 1. The maximum Gasteiger partial charge on any atom is 0.269 e. The van der Waals surface area contributed by atoms with Crippen molar-refractivity contribution >= 4 is 23.2 Å². The number of anilines is 1. The number of nitro benzene ring substituents is 1. The lowest BCUT2D eigenvalue weighted by atomic mass is 10.0. The summed E-state index contributed by atoms with van der Waals surface area (Å²) in [6, 6.07) is 4.13. The maximum absolute atomic E-state index is 12.5. The van der Waals surface area contributed by atoms with E-state index in [1.165, 1.54) is 24.3 Å². The highest BCUT2D eigenvalue weighted by Crippen LogP contribution is 2.16. The van der Waals surface area contributed by atoms with Crippen molar-refractivity contribution in [3.8, 4) is 0 Å². The predicted octanol–water partition coefficient (Wildman–Crippen LogP) is 2.44. The first-order chi connectivity index (χ1) is 12.1. The monoisotopic (exact) mass is 364 g/mol. The molecule has 0 saturated heterocycles. The average Bonchev–Trinajstić information content (AvgIpc) is 2.53. The summed E-state index contributed by atoms with van der Waals surface area (Å²) in [4.78, 5) is 35.0. The Labute approximate surface area is 153 Å². The first-order valence-corrected chi connectivity index (χ1v) is 8.71. The van der Waals surface area contributed by atoms with Crippen LogP contribution in [0.3, 0.4) is 0 Å². The summed E-state index contributed by atoms with van der Waals surface area (Å²) in [6.07, 6.45) is 0.989. The van der Waals surface area contributed by atoms with Crippen LogP contribution in [0.25, 0.3) is 0 Å². The van der Waals surface area contributed by atoms with Gasteiger partial charge in [-0.05, 0) is 36.8 Å². The highest BCUT2D eigenvalue weighted by atomic mass is 16.6. The first kappa shape index (κ1) is 21.6. The van der Waals surface area contributed by atoms with Gasteiger partial charge in [0.05, 0.1) is 11.0 Å². The van der Waals surface area contributed by atoms with E-state index in [-0.39, 0.29) is 29.3 Å². The minimum Gasteiger partial charge on any atom is -0.343 e. The van der Waals surface area contributed by atoms with Crippen LogP contribution in [-0.4, -0.2) is 28.8 Å². The van der Waals surface area contributed by atoms with Crippen LogP contribution in [0.2, 0.25) is 0 Å². The molecule has 144 valence electrons. The Morgan fingerprint density at radius 2 is 1.58 bits per heavy atom. The quantitative estimate of drug-likeness (QED) is 0.458. The highest BCUT2D eigenvalue weighted by molar-refractivity contribution is 5.97. The molecule has 8 nitrogen and oxygen atoms in total. The molecule has 26 heavy (non-hydrogen) atoms. The molecule has 2 atom stereocenters. The molecule has 8 heteroatoms. The topological polar surface area (TPSA) is 127 Å². The number of nitrogens with two attached hydrogens (primary N) is 1. The van der Waals surface area contributed by atoms with Gasteiger partial charge in [-0.15, -0.1) is 0 Å². The standard InChI is InChI=1S/C18H28N4O4/c1-11(2)9-15(19)17(23)21-16(10-12(3)4)18(24)20-13-5-7-14(8-6-13)22(25)26/h5-8,11-12,15-16H,9-10,19H2,1-4H3,(H,20,24)(H,21,23)/t15-,16-/m0/s1. The molecule has 0 heterocycles. The fourth-order valence-corrected chi connectivity index (χ4v) is 2.49. The zero-order chi connectivity index (χ0) is 19.9. The molecule has 0 aromatic heterocycles. The maximum atomic E-state index is 12.5. The number of hydrogen-bond donors (Lipinski definition) is 3. The smallest absolute Gasteiger partial charge is 0.269 e. The molecule has 0 radical (unpaired) electrons. The second-order valence-corrected chi connectivity index (χ2v) is 7.22. The van der Waals surface area contributed by atoms with E-state index in [1.54, 1.807) is 0 Å². The third kappa shape index (κ3) is 7.18. The Morgan fingerprint density at radius 1 is 1.04 bits per heavy atom. The summed E-state index contributed by atoms with van der Waals surface area (Å²) in [5.41, 5.74) is 6.25. The SMILES string of the molecule is CC(C)C[C@H](NC(=O)[C@@H](N)CC(C)C)C(=O)Nc1ccc([N+](=O)[O-])cc1. The van der Waals surface area contributed by atoms with Crippen molar-refractivity contribution in [1.29, 1.82) is 0 Å². The van der Waals surface area contributed by atoms with E-state index in [9.17, 15) is 19.7 Å². The van der Waals surface area contributed by atoms with E-state index >= 15 is 0 Å². The normalized spacial score (nSPS) is 13.3. The fourth-order valence-electron chi connectivity index (χ4n) is 2.49. The molecule has 0 aliphatic carbocycles. The van der Waals surface area contributed by atoms with E-state index in [0.717, 1.165) is 0 Å². The second kappa shape index (κ2) is 9.86. The van der Waals surface area contributed by atoms with E-state index in [4.69, 9.17) is 5.73 Å². The van der Waals surface area contributed by atoms with E-state index in [1.807, 2.05) is 27.7 Å². The molecule has 2 amide bonds. The summed E-state index contributed by atoms with van der Waals surface area (Å²) in [5.74, 6) is -0.279. The van der Waals surface area contributed by atoms with Crippen LogP contribution >= 0.6 is 0 Å². The molecule has 4 N–H and O–H groups in total. The number of nitrogens with zero attached hydrogens (tertiary/aromatic N) is 1. The Kier molecular flexibility index (Phi) is 8.18. The van der Waals surface area contributed by atoms with Crippen molar-refractivity contribution in [3.63, 3.8) is 0 Å². The van der Waals surface area contributed by atoms with Crippen molar-refractivity contribution < 1.29 is 14.5 Å². The molecule has 0 bridgehead atoms. The number of carbonyl (C=O) groups is 2. The van der Waals surface area contributed by atoms with Crippen LogP contribution in [0.5, 0.6) is 0 Å². The Morgan fingerprint density at radius 3 is 2.04 bits per heavy atom. The fraction of sp³-hybridized carbons (Fsp3) is 0.556. The lowest BCUT2D eigenvalue weighted by molar-refractivity contribution is -0.384. The van der Waals surface area contributed by atoms with E-state index in [0.29, 0.717) is 18.5 Å². The highest BCUT2D eigenvalue weighted by Gasteiger charge is 2.25. The van der Waals surface area contributed by atoms with Gasteiger partial charge in [-0.1, -0.05) is 27.7 Å². The summed E-state index contributed by atoms with van der Waals surface area (Å²) in [7, 11) is 0. The molecule has 0 spiro atoms. The van der Waals surface area contributed by atoms with Crippen molar-refractivity contribution in [2.24, 2.45) is 17.6 Å². The predicted molar refractivity (Wildman–Crippen MR) is 101 cm³/mol. The molecule has 1 rings (SSSR count). The number of nitro groups is 1. The van der Waals surface area contributed by atoms with Crippen LogP contribution in [-0.2, 0) is 9.59 Å². The average molecular weight is 364 g/mol. The molecule has 0 fully saturated rings. The van der Waals surface area contributed by atoms with Gasteiger partial charge in [0, 0.05) is 17.8 Å². The number of hydrogen-bond acceptors (Lipinski definition) is 5. The Hall–Kier alpha value is -2.48. The third-order valence-corrected chi connectivity index (χ3v) is 3.75. The van der Waals surface area contributed by atoms with Crippen LogP contribution in [0.15, 0.2) is 24.3 Å². The third-order valence-electron chi connectivity index (χ3n) is 3.75. The van der Waals surface area contributed by atoms with Gasteiger partial charge < -0.3 is 16.4 Å². The molecule has 0 aliphatic heterocycles. The van der Waals surface area contributed by atoms with Crippen molar-refractivity contribution in [2.45, 2.75) is 52.6 Å². The molecular weight excluding hydrogens is 336 g/mol. The van der Waals surface area contributed by atoms with E-state index in [2.05, 4.69) is 10.6 Å². The van der Waals surface area contributed by atoms with Crippen LogP contribution < -0.4 is 16.4 Å². The number of nitrogens with one attached hydrogen (secondary N) is 2. The van der Waals surface area contributed by atoms with Crippen molar-refractivity contribution in [1.82, 2.24) is 5.32 Å². The van der Waals surface area contributed by atoms with Crippen LogP contribution in [0.4, 0.5) is 11.4 Å². The van der Waals surface area contributed by atoms with Gasteiger partial charge in [0.2, 0.25) is 11.8 Å². The summed E-state index contributed by atoms with van der Waals surface area (Å²) < 4.78 is 0. The Balaban J connectivity index is 2.79. The number of amides is 2. The zero-order valence-electron chi connectivity index (χ0n) is 15.7. The summed E-state index contributed by atoms with van der Waals surface area (Å²) >= 11 is 0. The minimum atomic E-state index is -0.726. The van der Waals surface area contributed by atoms with Gasteiger partial charge in [0.1, 0.15) is 6.04 Å². The summed E-state index contributed by atoms with van der Waals surface area (Å²) in [5, 5.41) is 16.1. The van der Waals surface area contributed by atoms with Crippen molar-refractivity contribution in [2.75, 3.05) is 5.32 Å². The molecule has 1 aromatic rings. The number of carbonyl (C=O) groups excluding carboxylic acids is 2. The largest absolute Gasteiger partial charge is 0.343 e. The van der Waals surface area contributed by atoms with Gasteiger partial charge >= 0.3 is 0 Å². The van der Waals surface area contributed by atoms with Gasteiger partial charge in [-0.3, -0.25) is 19.7 Å². The van der Waals surface area contributed by atoms with Gasteiger partial charge in [-0.25, -0.2) is 0 Å². The zero-order valence-corrected chi connectivity index (χ0v) is 15.7. The molecule has 0 aliphatic rings. The number of rotatable bonds is 9. The lowest BCUT2D eigenvalue weighted by Gasteiger charge is -2.22. The lowest BCUT2D eigenvalue weighted by Crippen LogP contribution is -2.50. The number of non-ortho nitro benzene ring substituents is 1. The molecule has 0 saturated carbocycles. The van der Waals surface area contributed by atoms with Crippen molar-refractivity contribution in [3.05, 3.63) is 34.4 Å². The minimum absolute atomic E-state index is 0.0605. The van der Waals surface area contributed by atoms with Crippen LogP contribution in [0.1, 0.15) is 40.5 Å². The summed E-state index contributed by atoms with van der Waals surface area (Å²) in [6.45, 7) is 7.85. The van der Waals surface area contributed by atoms with Crippen LogP contribution in [0, 0.1) is 22.0 Å². The first-order valence-electron chi connectivity index (χ1n) is 8.71. The van der Waals surface area contributed by atoms with E-state index < -0.39 is 17.0 Å². The van der Waals surface area contributed by atoms with Gasteiger partial charge in [-0.2, -0.15) is 0 Å². The molecular formula is C18H28N4O4. The second-order valence-electron chi connectivity index (χ2n) is 7.22.